The van der Waals surface area contributed by atoms with Crippen molar-refractivity contribution in [2.45, 2.75) is 85.2 Å². The average Bonchev–Trinajstić information content (AvgIpc) is 2.39. The van der Waals surface area contributed by atoms with Crippen molar-refractivity contribution in [1.82, 2.24) is 0 Å². The van der Waals surface area contributed by atoms with Gasteiger partial charge in [-0.25, -0.2) is 4.79 Å². The first-order valence-corrected chi connectivity index (χ1v) is 9.36. The summed E-state index contributed by atoms with van der Waals surface area (Å²) in [6, 6.07) is 0.718. The molecule has 0 radical (unpaired) electrons. The van der Waals surface area contributed by atoms with Crippen LogP contribution in [0.4, 0.5) is 0 Å². The molecule has 3 heteroatoms. The predicted octanol–water partition coefficient (Wildman–Crippen LogP) is 3.71. The third kappa shape index (κ3) is 3.56. The molecule has 2 N–H and O–H groups in total. The van der Waals surface area contributed by atoms with Crippen molar-refractivity contribution in [1.29, 1.82) is 0 Å². The molecule has 0 aromatic heterocycles. The van der Waals surface area contributed by atoms with Gasteiger partial charge in [0.25, 0.3) is 0 Å². The van der Waals surface area contributed by atoms with E-state index >= 15 is 0 Å². The number of nitrogens with zero attached hydrogens (tertiary/aromatic N) is 1. The smallest absolute Gasteiger partial charge is 0.319 e. The van der Waals surface area contributed by atoms with Crippen LogP contribution >= 0.6 is 0 Å². The van der Waals surface area contributed by atoms with E-state index in [2.05, 4.69) is 34.6 Å². The van der Waals surface area contributed by atoms with Crippen LogP contribution in [0, 0.1) is 17.3 Å². The molecule has 1 saturated heterocycles. The van der Waals surface area contributed by atoms with Gasteiger partial charge >= 0.3 is 5.91 Å². The van der Waals surface area contributed by atoms with Gasteiger partial charge in [-0.3, -0.25) is 4.48 Å². The zero-order valence-electron chi connectivity index (χ0n) is 15.4. The van der Waals surface area contributed by atoms with Crippen LogP contribution in [0.3, 0.4) is 0 Å². The highest BCUT2D eigenvalue weighted by Crippen LogP contribution is 2.43. The van der Waals surface area contributed by atoms with Crippen LogP contribution in [0.25, 0.3) is 0 Å². The first kappa shape index (κ1) is 17.9. The first-order chi connectivity index (χ1) is 10.2. The largest absolute Gasteiger partial charge is 0.323 e. The van der Waals surface area contributed by atoms with Crippen molar-refractivity contribution >= 4 is 5.91 Å². The van der Waals surface area contributed by atoms with E-state index in [1.165, 1.54) is 32.1 Å². The van der Waals surface area contributed by atoms with Gasteiger partial charge in [-0.05, 0) is 39.5 Å². The van der Waals surface area contributed by atoms with Gasteiger partial charge in [0.1, 0.15) is 6.54 Å². The second kappa shape index (κ2) is 6.60. The lowest BCUT2D eigenvalue weighted by Crippen LogP contribution is -2.72. The maximum atomic E-state index is 13.4. The quantitative estimate of drug-likeness (QED) is 0.804. The Morgan fingerprint density at radius 2 is 1.82 bits per heavy atom. The summed E-state index contributed by atoms with van der Waals surface area (Å²) in [7, 11) is 0. The van der Waals surface area contributed by atoms with E-state index < -0.39 is 0 Å². The van der Waals surface area contributed by atoms with Crippen molar-refractivity contribution in [3.8, 4) is 0 Å². The Hall–Kier alpha value is -0.410. The Balaban J connectivity index is 2.25. The monoisotopic (exact) mass is 309 g/mol. The number of hydrogen-bond acceptors (Lipinski definition) is 2. The van der Waals surface area contributed by atoms with Gasteiger partial charge < -0.3 is 5.73 Å². The minimum Gasteiger partial charge on any atom is -0.323 e. The van der Waals surface area contributed by atoms with E-state index in [1.807, 2.05) is 0 Å². The molecular formula is C19H37N2O+. The molecule has 2 rings (SSSR count). The van der Waals surface area contributed by atoms with Crippen LogP contribution in [0.5, 0.6) is 0 Å². The molecule has 128 valence electrons. The maximum Gasteiger partial charge on any atom is 0.319 e. The van der Waals surface area contributed by atoms with Crippen LogP contribution < -0.4 is 5.73 Å². The number of quaternary nitrogens is 1. The zero-order valence-corrected chi connectivity index (χ0v) is 15.4. The molecule has 1 heterocycles. The number of amides is 1. The summed E-state index contributed by atoms with van der Waals surface area (Å²) >= 11 is 0. The molecule has 3 unspecified atom stereocenters. The fraction of sp³-hybridized carbons (Fsp3) is 0.947. The molecule has 0 aromatic carbocycles. The van der Waals surface area contributed by atoms with E-state index in [4.69, 9.17) is 5.73 Å². The van der Waals surface area contributed by atoms with Crippen molar-refractivity contribution in [2.75, 3.05) is 13.1 Å². The number of hydrogen-bond donors (Lipinski definition) is 1. The number of unbranched alkanes of at least 4 members (excludes halogenated alkanes) is 1. The Labute approximate surface area is 137 Å². The summed E-state index contributed by atoms with van der Waals surface area (Å²) in [4.78, 5) is 13.4. The van der Waals surface area contributed by atoms with Crippen LogP contribution in [0.1, 0.15) is 73.1 Å². The summed E-state index contributed by atoms with van der Waals surface area (Å²) in [5, 5.41) is 0. The minimum atomic E-state index is -0.273. The molecule has 0 bridgehead atoms. The molecule has 22 heavy (non-hydrogen) atoms. The lowest BCUT2D eigenvalue weighted by Gasteiger charge is -2.55. The summed E-state index contributed by atoms with van der Waals surface area (Å²) in [5.74, 6) is 1.84. The number of nitrogens with two attached hydrogens (primary N) is 1. The first-order valence-electron chi connectivity index (χ1n) is 9.36. The average molecular weight is 310 g/mol. The molecule has 3 atom stereocenters. The Bertz CT molecular complexity index is 395. The Morgan fingerprint density at radius 3 is 2.32 bits per heavy atom. The summed E-state index contributed by atoms with van der Waals surface area (Å²) in [5.41, 5.74) is 6.16. The molecule has 1 aliphatic heterocycles. The molecule has 1 saturated carbocycles. The lowest BCUT2D eigenvalue weighted by atomic mass is 9.74. The van der Waals surface area contributed by atoms with Crippen LogP contribution in [-0.2, 0) is 4.79 Å². The second-order valence-corrected chi connectivity index (χ2v) is 9.19. The summed E-state index contributed by atoms with van der Waals surface area (Å²) < 4.78 is 0.684. The molecule has 3 nitrogen and oxygen atoms in total. The number of carbonyl (C=O) groups is 1. The van der Waals surface area contributed by atoms with Crippen molar-refractivity contribution < 1.29 is 9.28 Å². The van der Waals surface area contributed by atoms with E-state index in [0.29, 0.717) is 22.3 Å². The van der Waals surface area contributed by atoms with Crippen molar-refractivity contribution in [3.05, 3.63) is 0 Å². The van der Waals surface area contributed by atoms with E-state index in [0.717, 1.165) is 25.4 Å². The van der Waals surface area contributed by atoms with Gasteiger partial charge in [0.05, 0.1) is 24.0 Å². The molecular weight excluding hydrogens is 272 g/mol. The molecule has 1 aliphatic carbocycles. The number of likely N-dealkylation sites (tertiary alicyclic amines) is 1. The number of rotatable bonds is 4. The van der Waals surface area contributed by atoms with E-state index in [-0.39, 0.29) is 11.5 Å². The normalized spacial score (nSPS) is 39.4. The lowest BCUT2D eigenvalue weighted by molar-refractivity contribution is -0.899. The molecule has 0 spiro atoms. The van der Waals surface area contributed by atoms with E-state index in [1.54, 1.807) is 0 Å². The van der Waals surface area contributed by atoms with Gasteiger partial charge in [0.2, 0.25) is 0 Å². The van der Waals surface area contributed by atoms with Crippen molar-refractivity contribution in [2.24, 2.45) is 23.0 Å². The van der Waals surface area contributed by atoms with Crippen molar-refractivity contribution in [3.63, 3.8) is 0 Å². The highest BCUT2D eigenvalue weighted by molar-refractivity contribution is 5.75. The van der Waals surface area contributed by atoms with Crippen LogP contribution in [-0.4, -0.2) is 35.6 Å². The summed E-state index contributed by atoms with van der Waals surface area (Å²) in [6.45, 7) is 12.7. The predicted molar refractivity (Wildman–Crippen MR) is 92.2 cm³/mol. The molecule has 2 fully saturated rings. The second-order valence-electron chi connectivity index (χ2n) is 9.19. The fourth-order valence-corrected chi connectivity index (χ4v) is 4.79. The topological polar surface area (TPSA) is 43.1 Å². The fourth-order valence-electron chi connectivity index (χ4n) is 4.79. The van der Waals surface area contributed by atoms with Crippen LogP contribution in [0.15, 0.2) is 0 Å². The van der Waals surface area contributed by atoms with E-state index in [9.17, 15) is 4.79 Å². The van der Waals surface area contributed by atoms with Gasteiger partial charge in [-0.1, -0.05) is 26.7 Å². The van der Waals surface area contributed by atoms with Gasteiger partial charge in [-0.2, -0.15) is 0 Å². The molecule has 0 aromatic rings. The number of carbonyl (C=O) groups excluding carboxylic acids is 1. The third-order valence-electron chi connectivity index (χ3n) is 5.84. The van der Waals surface area contributed by atoms with Gasteiger partial charge in [-0.15, -0.1) is 0 Å². The highest BCUT2D eigenvalue weighted by Gasteiger charge is 2.55. The van der Waals surface area contributed by atoms with Crippen LogP contribution in [0.2, 0.25) is 0 Å². The molecule has 2 aliphatic rings. The van der Waals surface area contributed by atoms with Gasteiger partial charge in [0.15, 0.2) is 0 Å². The Kier molecular flexibility index (Phi) is 5.38. The highest BCUT2D eigenvalue weighted by atomic mass is 16.2. The Morgan fingerprint density at radius 1 is 1.18 bits per heavy atom. The standard InChI is InChI=1S/C19H37N2O/c1-6-7-8-15-11-16(20)13-21(12-15,17-9-14(2)10-17)18(22)19(3,4)5/h14-17H,6-13,20H2,1-5H3/q+1. The zero-order chi connectivity index (χ0) is 16.5. The SMILES string of the molecule is CCCCC1CC(N)C[N+](C(=O)C(C)(C)C)(C2CC(C)C2)C1. The third-order valence-corrected chi connectivity index (χ3v) is 5.84. The number of piperidine rings is 1. The van der Waals surface area contributed by atoms with Gasteiger partial charge in [0, 0.05) is 18.8 Å². The maximum absolute atomic E-state index is 13.4. The minimum absolute atomic E-state index is 0.192. The molecule has 1 amide bonds. The summed E-state index contributed by atoms with van der Waals surface area (Å²) in [6.07, 6.45) is 7.26.